The third-order valence-electron chi connectivity index (χ3n) is 7.52. The standard InChI is InChI=1S/C36H39Cl2N3O4S/c1-25(2)22-39-36(43)34(20-28-8-6-5-7-9-28)40(23-29-14-15-30(37)21-33(29)38)35(42)24-41(31-16-10-26(3)11-17-31)46(44,45)32-18-12-27(4)13-19-32/h5-19,21,25,34H,20,22-24H2,1-4H3,(H,39,43)/t34-/m0/s1. The number of carbonyl (C=O) groups is 2. The number of carbonyl (C=O) groups excluding carboxylic acids is 2. The molecule has 0 spiro atoms. The van der Waals surface area contributed by atoms with Crippen molar-refractivity contribution in [3.05, 3.63) is 129 Å². The molecule has 0 bridgehead atoms. The number of hydrogen-bond acceptors (Lipinski definition) is 4. The molecule has 0 aromatic heterocycles. The van der Waals surface area contributed by atoms with Crippen LogP contribution in [-0.2, 0) is 32.6 Å². The minimum atomic E-state index is -4.18. The van der Waals surface area contributed by atoms with E-state index in [0.29, 0.717) is 27.8 Å². The van der Waals surface area contributed by atoms with Gasteiger partial charge in [-0.1, -0.05) is 109 Å². The van der Waals surface area contributed by atoms with Crippen LogP contribution in [0.3, 0.4) is 0 Å². The second-order valence-electron chi connectivity index (χ2n) is 11.8. The fraction of sp³-hybridized carbons (Fsp3) is 0.278. The van der Waals surface area contributed by atoms with Crippen LogP contribution in [0.4, 0.5) is 5.69 Å². The molecule has 0 fully saturated rings. The van der Waals surface area contributed by atoms with Crippen molar-refractivity contribution in [3.63, 3.8) is 0 Å². The summed E-state index contributed by atoms with van der Waals surface area (Å²) in [5, 5.41) is 3.74. The van der Waals surface area contributed by atoms with Crippen molar-refractivity contribution in [1.82, 2.24) is 10.2 Å². The van der Waals surface area contributed by atoms with Gasteiger partial charge in [-0.3, -0.25) is 13.9 Å². The molecule has 1 atom stereocenters. The Kier molecular flexibility index (Phi) is 11.9. The highest BCUT2D eigenvalue weighted by molar-refractivity contribution is 7.92. The Hall–Kier alpha value is -3.85. The lowest BCUT2D eigenvalue weighted by Gasteiger charge is -2.34. The van der Waals surface area contributed by atoms with Crippen LogP contribution < -0.4 is 9.62 Å². The van der Waals surface area contributed by atoms with Crippen LogP contribution >= 0.6 is 23.2 Å². The van der Waals surface area contributed by atoms with Crippen LogP contribution in [0.1, 0.15) is 36.1 Å². The molecule has 0 unspecified atom stereocenters. The zero-order valence-corrected chi connectivity index (χ0v) is 28.7. The number of nitrogens with zero attached hydrogens (tertiary/aromatic N) is 2. The Morgan fingerprint density at radius 1 is 0.826 bits per heavy atom. The maximum atomic E-state index is 14.6. The van der Waals surface area contributed by atoms with Crippen molar-refractivity contribution >= 4 is 50.7 Å². The SMILES string of the molecule is Cc1ccc(N(CC(=O)N(Cc2ccc(Cl)cc2Cl)[C@@H](Cc2ccccc2)C(=O)NCC(C)C)S(=O)(=O)c2ccc(C)cc2)cc1. The lowest BCUT2D eigenvalue weighted by molar-refractivity contribution is -0.140. The molecule has 0 aliphatic rings. The Bertz CT molecular complexity index is 1750. The van der Waals surface area contributed by atoms with Crippen molar-refractivity contribution < 1.29 is 18.0 Å². The summed E-state index contributed by atoms with van der Waals surface area (Å²) in [4.78, 5) is 29.9. The molecule has 0 saturated heterocycles. The van der Waals surface area contributed by atoms with E-state index in [-0.39, 0.29) is 29.7 Å². The topological polar surface area (TPSA) is 86.8 Å². The van der Waals surface area contributed by atoms with Gasteiger partial charge in [0.15, 0.2) is 0 Å². The summed E-state index contributed by atoms with van der Waals surface area (Å²) in [6.07, 6.45) is 0.205. The third-order valence-corrected chi connectivity index (χ3v) is 9.90. The van der Waals surface area contributed by atoms with Crippen molar-refractivity contribution in [1.29, 1.82) is 0 Å². The maximum absolute atomic E-state index is 14.6. The first-order valence-electron chi connectivity index (χ1n) is 15.1. The number of benzene rings is 4. The molecule has 0 aliphatic heterocycles. The van der Waals surface area contributed by atoms with Crippen molar-refractivity contribution in [2.24, 2.45) is 5.92 Å². The molecule has 0 heterocycles. The molecule has 4 aromatic rings. The lowest BCUT2D eigenvalue weighted by Crippen LogP contribution is -2.53. The molecule has 10 heteroatoms. The second kappa shape index (κ2) is 15.6. The average Bonchev–Trinajstić information content (AvgIpc) is 3.02. The fourth-order valence-corrected chi connectivity index (χ4v) is 6.77. The molecule has 2 amide bonds. The molecular formula is C36H39Cl2N3O4S. The van der Waals surface area contributed by atoms with Crippen LogP contribution in [0.15, 0.2) is 102 Å². The molecule has 7 nitrogen and oxygen atoms in total. The van der Waals surface area contributed by atoms with Crippen molar-refractivity contribution in [3.8, 4) is 0 Å². The number of nitrogens with one attached hydrogen (secondary N) is 1. The molecule has 0 saturated carbocycles. The smallest absolute Gasteiger partial charge is 0.264 e. The first-order valence-corrected chi connectivity index (χ1v) is 17.3. The van der Waals surface area contributed by atoms with E-state index < -0.39 is 28.5 Å². The van der Waals surface area contributed by atoms with Crippen molar-refractivity contribution in [2.75, 3.05) is 17.4 Å². The average molecular weight is 681 g/mol. The van der Waals surface area contributed by atoms with Crippen molar-refractivity contribution in [2.45, 2.75) is 51.6 Å². The summed E-state index contributed by atoms with van der Waals surface area (Å²) in [5.74, 6) is -0.741. The highest BCUT2D eigenvalue weighted by Crippen LogP contribution is 2.27. The van der Waals surface area contributed by atoms with E-state index >= 15 is 0 Å². The number of amides is 2. The summed E-state index contributed by atoms with van der Waals surface area (Å²) in [5.41, 5.74) is 3.57. The number of sulfonamides is 1. The van der Waals surface area contributed by atoms with Crippen LogP contribution in [0.2, 0.25) is 10.0 Å². The van der Waals surface area contributed by atoms with E-state index in [1.165, 1.54) is 17.0 Å². The highest BCUT2D eigenvalue weighted by Gasteiger charge is 2.35. The molecule has 1 N–H and O–H groups in total. The van der Waals surface area contributed by atoms with E-state index in [9.17, 15) is 18.0 Å². The maximum Gasteiger partial charge on any atom is 0.264 e. The largest absolute Gasteiger partial charge is 0.354 e. The quantitative estimate of drug-likeness (QED) is 0.162. The Labute approximate surface area is 282 Å². The predicted octanol–water partition coefficient (Wildman–Crippen LogP) is 7.22. The molecule has 0 radical (unpaired) electrons. The summed E-state index contributed by atoms with van der Waals surface area (Å²) in [7, 11) is -4.18. The first-order chi connectivity index (χ1) is 21.8. The number of hydrogen-bond donors (Lipinski definition) is 1. The van der Waals surface area contributed by atoms with Crippen LogP contribution in [0.25, 0.3) is 0 Å². The Balaban J connectivity index is 1.81. The molecule has 4 rings (SSSR count). The van der Waals surface area contributed by atoms with Crippen LogP contribution in [-0.4, -0.2) is 44.3 Å². The lowest BCUT2D eigenvalue weighted by atomic mass is 10.0. The van der Waals surface area contributed by atoms with Gasteiger partial charge in [-0.2, -0.15) is 0 Å². The van der Waals surface area contributed by atoms with Gasteiger partial charge in [0.05, 0.1) is 10.6 Å². The van der Waals surface area contributed by atoms with Gasteiger partial charge < -0.3 is 10.2 Å². The minimum absolute atomic E-state index is 0.0479. The predicted molar refractivity (Wildman–Crippen MR) is 186 cm³/mol. The zero-order valence-electron chi connectivity index (χ0n) is 26.4. The highest BCUT2D eigenvalue weighted by atomic mass is 35.5. The summed E-state index contributed by atoms with van der Waals surface area (Å²) in [6, 6.07) is 26.8. The molecular weight excluding hydrogens is 641 g/mol. The second-order valence-corrected chi connectivity index (χ2v) is 14.5. The first kappa shape index (κ1) is 35.0. The zero-order chi connectivity index (χ0) is 33.4. The van der Waals surface area contributed by atoms with E-state index in [2.05, 4.69) is 5.32 Å². The van der Waals surface area contributed by atoms with Gasteiger partial charge in [0.1, 0.15) is 12.6 Å². The minimum Gasteiger partial charge on any atom is -0.354 e. The van der Waals surface area contributed by atoms with E-state index in [1.54, 1.807) is 54.6 Å². The number of anilines is 1. The van der Waals surface area contributed by atoms with Gasteiger partial charge in [-0.25, -0.2) is 8.42 Å². The van der Waals surface area contributed by atoms with Gasteiger partial charge in [-0.15, -0.1) is 0 Å². The Morgan fingerprint density at radius 2 is 1.43 bits per heavy atom. The van der Waals surface area contributed by atoms with Crippen LogP contribution in [0, 0.1) is 19.8 Å². The summed E-state index contributed by atoms with van der Waals surface area (Å²) < 4.78 is 29.4. The molecule has 242 valence electrons. The van der Waals surface area contributed by atoms with Gasteiger partial charge in [0.2, 0.25) is 11.8 Å². The van der Waals surface area contributed by atoms with Gasteiger partial charge >= 0.3 is 0 Å². The molecule has 0 aliphatic carbocycles. The molecule has 4 aromatic carbocycles. The monoisotopic (exact) mass is 679 g/mol. The molecule has 46 heavy (non-hydrogen) atoms. The van der Waals surface area contributed by atoms with Gasteiger partial charge in [0, 0.05) is 29.6 Å². The van der Waals surface area contributed by atoms with E-state index in [0.717, 1.165) is 21.0 Å². The fourth-order valence-electron chi connectivity index (χ4n) is 4.89. The normalized spacial score (nSPS) is 12.1. The van der Waals surface area contributed by atoms with E-state index in [4.69, 9.17) is 23.2 Å². The number of rotatable bonds is 13. The van der Waals surface area contributed by atoms with E-state index in [1.807, 2.05) is 58.0 Å². The third kappa shape index (κ3) is 9.12. The van der Waals surface area contributed by atoms with Gasteiger partial charge in [0.25, 0.3) is 10.0 Å². The summed E-state index contributed by atoms with van der Waals surface area (Å²) in [6.45, 7) is 7.55. The number of aryl methyl sites for hydroxylation is 2. The summed E-state index contributed by atoms with van der Waals surface area (Å²) >= 11 is 12.7. The van der Waals surface area contributed by atoms with Gasteiger partial charge in [-0.05, 0) is 67.3 Å². The number of halogens is 2. The Morgan fingerprint density at radius 3 is 2.02 bits per heavy atom. The van der Waals surface area contributed by atoms with Crippen LogP contribution in [0.5, 0.6) is 0 Å².